The van der Waals surface area contributed by atoms with E-state index in [-0.39, 0.29) is 11.3 Å². The summed E-state index contributed by atoms with van der Waals surface area (Å²) >= 11 is 0. The summed E-state index contributed by atoms with van der Waals surface area (Å²) in [6.45, 7) is 0. The topological polar surface area (TPSA) is 72.7 Å². The third-order valence-electron chi connectivity index (χ3n) is 5.24. The van der Waals surface area contributed by atoms with E-state index >= 15 is 0 Å². The highest BCUT2D eigenvalue weighted by Crippen LogP contribution is 2.40. The minimum Gasteiger partial charge on any atom is -0.322 e. The molecule has 1 aliphatic heterocycles. The number of aromatic nitrogens is 4. The Kier molecular flexibility index (Phi) is 3.28. The minimum absolute atomic E-state index is 0.0105. The average molecular weight is 355 g/mol. The number of benzene rings is 1. The third-order valence-corrected chi connectivity index (χ3v) is 5.24. The molecule has 3 heterocycles. The van der Waals surface area contributed by atoms with Crippen LogP contribution in [0.25, 0.3) is 11.0 Å². The van der Waals surface area contributed by atoms with Gasteiger partial charge in [-0.3, -0.25) is 9.48 Å². The smallest absolute Gasteiger partial charge is 0.238 e. The molecule has 1 saturated carbocycles. The fraction of sp³-hybridized carbons (Fsp3) is 0.333. The quantitative estimate of drug-likeness (QED) is 0.765. The van der Waals surface area contributed by atoms with Gasteiger partial charge < -0.3 is 5.32 Å². The monoisotopic (exact) mass is 355 g/mol. The first-order valence-corrected chi connectivity index (χ1v) is 8.61. The van der Waals surface area contributed by atoms with Crippen LogP contribution in [0, 0.1) is 11.6 Å². The third kappa shape index (κ3) is 2.21. The molecule has 1 aliphatic carbocycles. The van der Waals surface area contributed by atoms with Crippen LogP contribution in [-0.4, -0.2) is 25.7 Å². The lowest BCUT2D eigenvalue weighted by Gasteiger charge is -2.09. The summed E-state index contributed by atoms with van der Waals surface area (Å²) in [5.74, 6) is -2.84. The molecule has 3 aromatic rings. The molecule has 1 aromatic carbocycles. The second kappa shape index (κ2) is 5.55. The number of rotatable bonds is 2. The first-order valence-electron chi connectivity index (χ1n) is 8.61. The molecular weight excluding hydrogens is 340 g/mol. The molecule has 1 atom stereocenters. The fourth-order valence-electron chi connectivity index (χ4n) is 4.02. The number of fused-ring (bicyclic) bond motifs is 2. The van der Waals surface area contributed by atoms with Crippen molar-refractivity contribution in [3.8, 4) is 0 Å². The Morgan fingerprint density at radius 2 is 1.96 bits per heavy atom. The standard InChI is InChI=1S/C18H15F2N5O/c19-9-5-11-14(18(26)23-15(11)13(20)6-9)16-12-7-25(10-3-1-2-4-10)24-17(12)22-8-21-16/h5-8,10,14H,1-4H2,(H,23,26). The molecule has 6 nitrogen and oxygen atoms in total. The van der Waals surface area contributed by atoms with Gasteiger partial charge in [-0.2, -0.15) is 5.10 Å². The van der Waals surface area contributed by atoms with Gasteiger partial charge in [0.15, 0.2) is 5.65 Å². The van der Waals surface area contributed by atoms with E-state index in [1.165, 1.54) is 12.4 Å². The van der Waals surface area contributed by atoms with Crippen molar-refractivity contribution < 1.29 is 13.6 Å². The lowest BCUT2D eigenvalue weighted by Crippen LogP contribution is -2.15. The largest absolute Gasteiger partial charge is 0.322 e. The van der Waals surface area contributed by atoms with Gasteiger partial charge in [0.2, 0.25) is 5.91 Å². The summed E-state index contributed by atoms with van der Waals surface area (Å²) in [4.78, 5) is 21.0. The van der Waals surface area contributed by atoms with Crippen LogP contribution >= 0.6 is 0 Å². The van der Waals surface area contributed by atoms with Crippen molar-refractivity contribution in [2.75, 3.05) is 5.32 Å². The molecule has 8 heteroatoms. The van der Waals surface area contributed by atoms with Crippen molar-refractivity contribution in [3.05, 3.63) is 47.5 Å². The van der Waals surface area contributed by atoms with E-state index in [2.05, 4.69) is 20.4 Å². The number of carbonyl (C=O) groups is 1. The van der Waals surface area contributed by atoms with Crippen LogP contribution in [0.5, 0.6) is 0 Å². The minimum atomic E-state index is -0.887. The van der Waals surface area contributed by atoms with Crippen LogP contribution in [0.1, 0.15) is 48.9 Å². The van der Waals surface area contributed by atoms with E-state index in [4.69, 9.17) is 0 Å². The zero-order valence-electron chi connectivity index (χ0n) is 13.7. The van der Waals surface area contributed by atoms with Crippen molar-refractivity contribution in [2.24, 2.45) is 0 Å². The molecule has 0 spiro atoms. The van der Waals surface area contributed by atoms with Crippen LogP contribution in [0.3, 0.4) is 0 Å². The Hall–Kier alpha value is -2.90. The van der Waals surface area contributed by atoms with Crippen LogP contribution in [0.2, 0.25) is 0 Å². The first kappa shape index (κ1) is 15.4. The molecule has 5 rings (SSSR count). The van der Waals surface area contributed by atoms with Gasteiger partial charge in [0.1, 0.15) is 23.9 Å². The average Bonchev–Trinajstić information content (AvgIpc) is 3.31. The predicted octanol–water partition coefficient (Wildman–Crippen LogP) is 3.30. The molecule has 2 aliphatic rings. The van der Waals surface area contributed by atoms with Crippen molar-refractivity contribution in [1.29, 1.82) is 0 Å². The van der Waals surface area contributed by atoms with Gasteiger partial charge in [-0.15, -0.1) is 0 Å². The SMILES string of the molecule is O=C1Nc2c(F)cc(F)cc2C1c1ncnc2nn(C3CCCC3)cc12. The number of nitrogens with one attached hydrogen (secondary N) is 1. The van der Waals surface area contributed by atoms with Gasteiger partial charge in [0, 0.05) is 17.8 Å². The molecule has 1 fully saturated rings. The highest BCUT2D eigenvalue weighted by molar-refractivity contribution is 6.06. The molecular formula is C18H15F2N5O. The van der Waals surface area contributed by atoms with Crippen molar-refractivity contribution in [3.63, 3.8) is 0 Å². The fourth-order valence-corrected chi connectivity index (χ4v) is 4.02. The number of carbonyl (C=O) groups excluding carboxylic acids is 1. The van der Waals surface area contributed by atoms with Crippen LogP contribution < -0.4 is 5.32 Å². The number of amides is 1. The van der Waals surface area contributed by atoms with Crippen molar-refractivity contribution in [2.45, 2.75) is 37.6 Å². The maximum atomic E-state index is 14.0. The molecule has 0 saturated heterocycles. The van der Waals surface area contributed by atoms with E-state index < -0.39 is 23.5 Å². The van der Waals surface area contributed by atoms with Gasteiger partial charge in [0.05, 0.1) is 22.8 Å². The Balaban J connectivity index is 1.67. The number of hydrogen-bond donors (Lipinski definition) is 1. The Morgan fingerprint density at radius 1 is 1.15 bits per heavy atom. The number of halogens is 2. The Labute approximate surface area is 147 Å². The summed E-state index contributed by atoms with van der Waals surface area (Å²) < 4.78 is 29.7. The van der Waals surface area contributed by atoms with Gasteiger partial charge in [-0.1, -0.05) is 12.8 Å². The van der Waals surface area contributed by atoms with Crippen LogP contribution in [-0.2, 0) is 4.79 Å². The lowest BCUT2D eigenvalue weighted by molar-refractivity contribution is -0.116. The lowest BCUT2D eigenvalue weighted by atomic mass is 9.95. The van der Waals surface area contributed by atoms with E-state index in [0.717, 1.165) is 31.7 Å². The summed E-state index contributed by atoms with van der Waals surface area (Å²) in [7, 11) is 0. The molecule has 1 amide bonds. The van der Waals surface area contributed by atoms with E-state index in [9.17, 15) is 13.6 Å². The van der Waals surface area contributed by atoms with Crippen molar-refractivity contribution in [1.82, 2.24) is 19.7 Å². The van der Waals surface area contributed by atoms with E-state index in [1.807, 2.05) is 10.9 Å². The van der Waals surface area contributed by atoms with Gasteiger partial charge >= 0.3 is 0 Å². The molecule has 0 bridgehead atoms. The predicted molar refractivity (Wildman–Crippen MR) is 89.7 cm³/mol. The molecule has 2 aromatic heterocycles. The highest BCUT2D eigenvalue weighted by atomic mass is 19.1. The van der Waals surface area contributed by atoms with Crippen molar-refractivity contribution >= 4 is 22.6 Å². The zero-order chi connectivity index (χ0) is 17.8. The van der Waals surface area contributed by atoms with Gasteiger partial charge in [-0.05, 0) is 18.9 Å². The maximum Gasteiger partial charge on any atom is 0.238 e. The zero-order valence-corrected chi connectivity index (χ0v) is 13.7. The normalized spacial score (nSPS) is 19.9. The first-order chi connectivity index (χ1) is 12.6. The summed E-state index contributed by atoms with van der Waals surface area (Å²) in [5, 5.41) is 7.66. The van der Waals surface area contributed by atoms with Crippen LogP contribution in [0.15, 0.2) is 24.7 Å². The highest BCUT2D eigenvalue weighted by Gasteiger charge is 2.37. The molecule has 0 radical (unpaired) electrons. The molecule has 26 heavy (non-hydrogen) atoms. The second-order valence-electron chi connectivity index (χ2n) is 6.82. The Morgan fingerprint density at radius 3 is 2.77 bits per heavy atom. The number of anilines is 1. The van der Waals surface area contributed by atoms with Gasteiger partial charge in [0.25, 0.3) is 0 Å². The molecule has 1 unspecified atom stereocenters. The maximum absolute atomic E-state index is 14.0. The van der Waals surface area contributed by atoms with Crippen LogP contribution in [0.4, 0.5) is 14.5 Å². The summed E-state index contributed by atoms with van der Waals surface area (Å²) in [6, 6.07) is 2.25. The van der Waals surface area contributed by atoms with Gasteiger partial charge in [-0.25, -0.2) is 18.7 Å². The summed E-state index contributed by atoms with van der Waals surface area (Å²) in [6.07, 6.45) is 7.62. The molecule has 132 valence electrons. The Bertz CT molecular complexity index is 1040. The van der Waals surface area contributed by atoms with E-state index in [0.29, 0.717) is 22.8 Å². The number of nitrogens with zero attached hydrogens (tertiary/aromatic N) is 4. The second-order valence-corrected chi connectivity index (χ2v) is 6.82. The summed E-state index contributed by atoms with van der Waals surface area (Å²) in [5.41, 5.74) is 1.16. The van der Waals surface area contributed by atoms with E-state index in [1.54, 1.807) is 0 Å². The molecule has 1 N–H and O–H groups in total. The number of hydrogen-bond acceptors (Lipinski definition) is 4.